The highest BCUT2D eigenvalue weighted by Crippen LogP contribution is 2.06. The van der Waals surface area contributed by atoms with Crippen molar-refractivity contribution in [2.75, 3.05) is 0 Å². The van der Waals surface area contributed by atoms with Gasteiger partial charge in [-0.05, 0) is 20.0 Å². The molecule has 40 valence electrons. The fourth-order valence-corrected chi connectivity index (χ4v) is 0.313. The Morgan fingerprint density at radius 3 is 2.29 bits per heavy atom. The van der Waals surface area contributed by atoms with Gasteiger partial charge in [0.2, 0.25) is 0 Å². The molecule has 0 bridgehead atoms. The summed E-state index contributed by atoms with van der Waals surface area (Å²) in [6, 6.07) is 0. The van der Waals surface area contributed by atoms with E-state index in [9.17, 15) is 4.79 Å². The standard InChI is InChI=1S/C3H2BrIO2/c4-2(1-5)3(6)7/h1H,(H,6,7). The molecule has 0 spiro atoms. The Bertz CT molecular complexity index is 110. The van der Waals surface area contributed by atoms with Gasteiger partial charge in [-0.3, -0.25) is 0 Å². The predicted octanol–water partition coefficient (Wildman–Crippen LogP) is 1.74. The van der Waals surface area contributed by atoms with Crippen molar-refractivity contribution in [1.29, 1.82) is 0 Å². The molecule has 0 atom stereocenters. The fraction of sp³-hybridized carbons (Fsp3) is 0. The van der Waals surface area contributed by atoms with Crippen LogP contribution < -0.4 is 0 Å². The van der Waals surface area contributed by atoms with Crippen LogP contribution in [0.15, 0.2) is 8.57 Å². The molecule has 1 N–H and O–H groups in total. The molecule has 0 aliphatic rings. The lowest BCUT2D eigenvalue weighted by molar-refractivity contribution is -0.131. The maximum atomic E-state index is 9.81. The van der Waals surface area contributed by atoms with Crippen molar-refractivity contribution < 1.29 is 9.90 Å². The van der Waals surface area contributed by atoms with Gasteiger partial charge in [0.15, 0.2) is 0 Å². The maximum Gasteiger partial charge on any atom is 0.343 e. The Morgan fingerprint density at radius 2 is 2.29 bits per heavy atom. The minimum absolute atomic E-state index is 0.188. The minimum Gasteiger partial charge on any atom is -0.477 e. The van der Waals surface area contributed by atoms with Crippen molar-refractivity contribution in [1.82, 2.24) is 0 Å². The highest BCUT2D eigenvalue weighted by Gasteiger charge is 1.97. The first-order valence-electron chi connectivity index (χ1n) is 1.37. The van der Waals surface area contributed by atoms with E-state index in [0.717, 1.165) is 0 Å². The summed E-state index contributed by atoms with van der Waals surface area (Å²) in [6.07, 6.45) is 0. The summed E-state index contributed by atoms with van der Waals surface area (Å²) in [5.41, 5.74) is 0. The molecule has 0 aromatic heterocycles. The average molecular weight is 277 g/mol. The number of aliphatic carboxylic acids is 1. The van der Waals surface area contributed by atoms with Gasteiger partial charge in [0.1, 0.15) is 4.48 Å². The van der Waals surface area contributed by atoms with E-state index in [0.29, 0.717) is 0 Å². The number of carboxylic acids is 1. The van der Waals surface area contributed by atoms with Gasteiger partial charge in [-0.15, -0.1) is 0 Å². The molecule has 0 saturated heterocycles. The summed E-state index contributed by atoms with van der Waals surface area (Å²) >= 11 is 4.63. The normalized spacial score (nSPS) is 11.4. The lowest BCUT2D eigenvalue weighted by Gasteiger charge is -1.80. The van der Waals surface area contributed by atoms with Gasteiger partial charge in [-0.25, -0.2) is 4.79 Å². The summed E-state index contributed by atoms with van der Waals surface area (Å²) in [7, 11) is 0. The van der Waals surface area contributed by atoms with E-state index in [-0.39, 0.29) is 4.48 Å². The zero-order valence-corrected chi connectivity index (χ0v) is 6.93. The summed E-state index contributed by atoms with van der Waals surface area (Å²) in [4.78, 5) is 9.81. The minimum atomic E-state index is -0.936. The van der Waals surface area contributed by atoms with Crippen molar-refractivity contribution in [3.63, 3.8) is 0 Å². The Hall–Kier alpha value is 0.420. The van der Waals surface area contributed by atoms with E-state index in [1.165, 1.54) is 4.08 Å². The molecular weight excluding hydrogens is 275 g/mol. The average Bonchev–Trinajstić information content (AvgIpc) is 1.65. The van der Waals surface area contributed by atoms with Crippen LogP contribution >= 0.6 is 38.5 Å². The molecular formula is C3H2BrIO2. The number of rotatable bonds is 1. The molecule has 2 nitrogen and oxygen atoms in total. The summed E-state index contributed by atoms with van der Waals surface area (Å²) in [5.74, 6) is -0.936. The van der Waals surface area contributed by atoms with Crippen LogP contribution in [-0.4, -0.2) is 11.1 Å². The van der Waals surface area contributed by atoms with Crippen LogP contribution in [0, 0.1) is 0 Å². The summed E-state index contributed by atoms with van der Waals surface area (Å²) in [6.45, 7) is 0. The third-order valence-corrected chi connectivity index (χ3v) is 2.35. The molecule has 0 aliphatic heterocycles. The lowest BCUT2D eigenvalue weighted by atomic mass is 10.7. The van der Waals surface area contributed by atoms with Gasteiger partial charge in [0, 0.05) is 0 Å². The Kier molecular flexibility index (Phi) is 3.63. The molecule has 0 radical (unpaired) electrons. The zero-order chi connectivity index (χ0) is 5.86. The van der Waals surface area contributed by atoms with E-state index in [2.05, 4.69) is 15.9 Å². The number of carboxylic acid groups (broad SMARTS) is 1. The molecule has 0 aliphatic carbocycles. The van der Waals surface area contributed by atoms with Crippen molar-refractivity contribution in [3.8, 4) is 0 Å². The van der Waals surface area contributed by atoms with E-state index < -0.39 is 5.97 Å². The molecule has 0 fully saturated rings. The fourth-order valence-electron chi connectivity index (χ4n) is 0.0467. The molecule has 0 rings (SSSR count). The van der Waals surface area contributed by atoms with Crippen LogP contribution in [0.5, 0.6) is 0 Å². The predicted molar refractivity (Wildman–Crippen MR) is 38.7 cm³/mol. The SMILES string of the molecule is O=C(O)C(Br)=CI. The Morgan fingerprint density at radius 1 is 1.86 bits per heavy atom. The van der Waals surface area contributed by atoms with Crippen LogP contribution in [-0.2, 0) is 4.79 Å². The zero-order valence-electron chi connectivity index (χ0n) is 3.19. The molecule has 7 heavy (non-hydrogen) atoms. The van der Waals surface area contributed by atoms with Crippen LogP contribution in [0.25, 0.3) is 0 Å². The van der Waals surface area contributed by atoms with Gasteiger partial charge in [0.25, 0.3) is 0 Å². The second-order valence-corrected chi connectivity index (χ2v) is 2.24. The molecule has 0 aromatic carbocycles. The summed E-state index contributed by atoms with van der Waals surface area (Å²) in [5, 5.41) is 8.06. The molecule has 0 aromatic rings. The largest absolute Gasteiger partial charge is 0.477 e. The Balaban J connectivity index is 3.82. The van der Waals surface area contributed by atoms with Crippen LogP contribution in [0.3, 0.4) is 0 Å². The van der Waals surface area contributed by atoms with Crippen molar-refractivity contribution in [2.45, 2.75) is 0 Å². The maximum absolute atomic E-state index is 9.81. The molecule has 0 unspecified atom stereocenters. The first kappa shape index (κ1) is 7.42. The van der Waals surface area contributed by atoms with Crippen molar-refractivity contribution >= 4 is 44.5 Å². The molecule has 0 saturated carbocycles. The smallest absolute Gasteiger partial charge is 0.343 e. The molecule has 4 heteroatoms. The van der Waals surface area contributed by atoms with E-state index in [1.807, 2.05) is 22.6 Å². The van der Waals surface area contributed by atoms with E-state index in [1.54, 1.807) is 0 Å². The summed E-state index contributed by atoms with van der Waals surface area (Å²) < 4.78 is 1.63. The van der Waals surface area contributed by atoms with Crippen LogP contribution in [0.2, 0.25) is 0 Å². The van der Waals surface area contributed by atoms with Crippen molar-refractivity contribution in [2.24, 2.45) is 0 Å². The highest BCUT2D eigenvalue weighted by molar-refractivity contribution is 14.1. The monoisotopic (exact) mass is 276 g/mol. The molecule has 0 amide bonds. The number of halogens is 2. The van der Waals surface area contributed by atoms with Crippen LogP contribution in [0.4, 0.5) is 0 Å². The highest BCUT2D eigenvalue weighted by atomic mass is 127. The lowest BCUT2D eigenvalue weighted by Crippen LogP contribution is -1.90. The second kappa shape index (κ2) is 3.43. The number of carbonyl (C=O) groups is 1. The first-order chi connectivity index (χ1) is 3.18. The third kappa shape index (κ3) is 3.04. The first-order valence-corrected chi connectivity index (χ1v) is 3.41. The van der Waals surface area contributed by atoms with Crippen molar-refractivity contribution in [3.05, 3.63) is 8.57 Å². The van der Waals surface area contributed by atoms with Crippen LogP contribution in [0.1, 0.15) is 0 Å². The number of hydrogen-bond donors (Lipinski definition) is 1. The van der Waals surface area contributed by atoms with E-state index in [4.69, 9.17) is 5.11 Å². The second-order valence-electron chi connectivity index (χ2n) is 0.762. The number of hydrogen-bond acceptors (Lipinski definition) is 1. The van der Waals surface area contributed by atoms with Gasteiger partial charge in [0.05, 0.1) is 0 Å². The van der Waals surface area contributed by atoms with Gasteiger partial charge in [-0.1, -0.05) is 22.6 Å². The van der Waals surface area contributed by atoms with Gasteiger partial charge >= 0.3 is 5.97 Å². The Labute approximate surface area is 62.9 Å². The van der Waals surface area contributed by atoms with E-state index >= 15 is 0 Å². The third-order valence-electron chi connectivity index (χ3n) is 0.300. The van der Waals surface area contributed by atoms with Gasteiger partial charge < -0.3 is 5.11 Å². The topological polar surface area (TPSA) is 37.3 Å². The molecule has 0 heterocycles. The quantitative estimate of drug-likeness (QED) is 0.585. The van der Waals surface area contributed by atoms with Gasteiger partial charge in [-0.2, -0.15) is 0 Å².